The highest BCUT2D eigenvalue weighted by Gasteiger charge is 2.29. The number of hydrogen-bond donors (Lipinski definition) is 0. The molecule has 2 fully saturated rings. The molecule has 2 nitrogen and oxygen atoms in total. The van der Waals surface area contributed by atoms with E-state index < -0.39 is 0 Å². The molecule has 0 N–H and O–H groups in total. The first kappa shape index (κ1) is 12.7. The lowest BCUT2D eigenvalue weighted by Gasteiger charge is -2.25. The van der Waals surface area contributed by atoms with Gasteiger partial charge in [-0.1, -0.05) is 6.92 Å². The van der Waals surface area contributed by atoms with Crippen LogP contribution in [0, 0.1) is 11.8 Å². The highest BCUT2D eigenvalue weighted by molar-refractivity contribution is 5.96. The topological polar surface area (TPSA) is 20.3 Å². The molecule has 19 heavy (non-hydrogen) atoms. The van der Waals surface area contributed by atoms with E-state index in [1.807, 2.05) is 19.1 Å². The van der Waals surface area contributed by atoms with E-state index in [4.69, 9.17) is 0 Å². The zero-order valence-electron chi connectivity index (χ0n) is 11.8. The molecule has 2 aliphatic carbocycles. The summed E-state index contributed by atoms with van der Waals surface area (Å²) in [6, 6.07) is 8.25. The van der Waals surface area contributed by atoms with E-state index in [2.05, 4.69) is 17.0 Å². The Morgan fingerprint density at radius 3 is 2.00 bits per heavy atom. The van der Waals surface area contributed by atoms with Gasteiger partial charge in [-0.3, -0.25) is 4.79 Å². The summed E-state index contributed by atoms with van der Waals surface area (Å²) in [6.07, 6.45) is 6.18. The SMILES string of the molecule is CCC(=O)c1ccc(N(CC2CC2)CC2CC2)cc1. The molecule has 2 saturated carbocycles. The molecule has 1 aromatic rings. The normalized spacial score (nSPS) is 18.4. The summed E-state index contributed by atoms with van der Waals surface area (Å²) in [4.78, 5) is 14.2. The third kappa shape index (κ3) is 3.37. The third-order valence-electron chi connectivity index (χ3n) is 4.23. The molecule has 0 aliphatic heterocycles. The van der Waals surface area contributed by atoms with Crippen LogP contribution in [0.5, 0.6) is 0 Å². The van der Waals surface area contributed by atoms with Crippen molar-refractivity contribution in [2.24, 2.45) is 11.8 Å². The maximum Gasteiger partial charge on any atom is 0.162 e. The van der Waals surface area contributed by atoms with E-state index in [9.17, 15) is 4.79 Å². The number of Topliss-reactive ketones (excluding diaryl/α,β-unsaturated/α-hetero) is 1. The minimum atomic E-state index is 0.238. The van der Waals surface area contributed by atoms with Crippen molar-refractivity contribution in [2.75, 3.05) is 18.0 Å². The fourth-order valence-electron chi connectivity index (χ4n) is 2.57. The molecule has 2 aliphatic rings. The van der Waals surface area contributed by atoms with Gasteiger partial charge >= 0.3 is 0 Å². The van der Waals surface area contributed by atoms with Crippen molar-refractivity contribution in [3.63, 3.8) is 0 Å². The fourth-order valence-corrected chi connectivity index (χ4v) is 2.57. The molecule has 0 atom stereocenters. The van der Waals surface area contributed by atoms with Crippen LogP contribution >= 0.6 is 0 Å². The number of hydrogen-bond acceptors (Lipinski definition) is 2. The summed E-state index contributed by atoms with van der Waals surface area (Å²) in [5.74, 6) is 2.06. The Hall–Kier alpha value is -1.31. The Kier molecular flexibility index (Phi) is 3.58. The van der Waals surface area contributed by atoms with Gasteiger partial charge in [0.15, 0.2) is 5.78 Å². The Labute approximate surface area is 115 Å². The third-order valence-corrected chi connectivity index (χ3v) is 4.23. The second kappa shape index (κ2) is 5.36. The van der Waals surface area contributed by atoms with E-state index in [1.165, 1.54) is 44.5 Å². The molecule has 3 rings (SSSR count). The number of rotatable bonds is 7. The van der Waals surface area contributed by atoms with Gasteiger partial charge in [0.2, 0.25) is 0 Å². The largest absolute Gasteiger partial charge is 0.371 e. The molecule has 102 valence electrons. The van der Waals surface area contributed by atoms with Gasteiger partial charge in [0.05, 0.1) is 0 Å². The van der Waals surface area contributed by atoms with Crippen molar-refractivity contribution < 1.29 is 4.79 Å². The average Bonchev–Trinajstić information content (AvgIpc) is 3.32. The minimum absolute atomic E-state index is 0.238. The molecule has 0 heterocycles. The van der Waals surface area contributed by atoms with Crippen LogP contribution in [0.1, 0.15) is 49.4 Å². The summed E-state index contributed by atoms with van der Waals surface area (Å²) in [5, 5.41) is 0. The summed E-state index contributed by atoms with van der Waals surface area (Å²) in [6.45, 7) is 4.33. The Morgan fingerprint density at radius 1 is 1.05 bits per heavy atom. The standard InChI is InChI=1S/C17H23NO/c1-2-17(19)15-7-9-16(10-8-15)18(11-13-3-4-13)12-14-5-6-14/h7-10,13-14H,2-6,11-12H2,1H3. The van der Waals surface area contributed by atoms with Gasteiger partial charge in [0.1, 0.15) is 0 Å². The van der Waals surface area contributed by atoms with Gasteiger partial charge < -0.3 is 4.90 Å². The number of nitrogens with zero attached hydrogens (tertiary/aromatic N) is 1. The van der Waals surface area contributed by atoms with Crippen LogP contribution in [-0.4, -0.2) is 18.9 Å². The van der Waals surface area contributed by atoms with Crippen molar-refractivity contribution in [3.8, 4) is 0 Å². The van der Waals surface area contributed by atoms with Crippen LogP contribution in [0.3, 0.4) is 0 Å². The highest BCUT2D eigenvalue weighted by atomic mass is 16.1. The van der Waals surface area contributed by atoms with Crippen LogP contribution < -0.4 is 4.90 Å². The molecule has 0 spiro atoms. The van der Waals surface area contributed by atoms with Crippen LogP contribution in [0.2, 0.25) is 0 Å². The van der Waals surface area contributed by atoms with Crippen molar-refractivity contribution >= 4 is 11.5 Å². The summed E-state index contributed by atoms with van der Waals surface area (Å²) >= 11 is 0. The molecule has 1 aromatic carbocycles. The van der Waals surface area contributed by atoms with Crippen molar-refractivity contribution in [1.29, 1.82) is 0 Å². The molecule has 0 saturated heterocycles. The molecule has 2 heteroatoms. The predicted octanol–water partition coefficient (Wildman–Crippen LogP) is 3.91. The second-order valence-corrected chi connectivity index (χ2v) is 6.12. The lowest BCUT2D eigenvalue weighted by Crippen LogP contribution is -2.28. The quantitative estimate of drug-likeness (QED) is 0.690. The maximum atomic E-state index is 11.7. The second-order valence-electron chi connectivity index (χ2n) is 6.12. The Bertz CT molecular complexity index is 429. The number of benzene rings is 1. The van der Waals surface area contributed by atoms with Crippen molar-refractivity contribution in [3.05, 3.63) is 29.8 Å². The lowest BCUT2D eigenvalue weighted by molar-refractivity contribution is 0.0988. The van der Waals surface area contributed by atoms with Crippen LogP contribution in [-0.2, 0) is 0 Å². The van der Waals surface area contributed by atoms with Crippen LogP contribution in [0.15, 0.2) is 24.3 Å². The van der Waals surface area contributed by atoms with Gasteiger partial charge in [-0.25, -0.2) is 0 Å². The molecule has 0 aromatic heterocycles. The molecule has 0 unspecified atom stereocenters. The van der Waals surface area contributed by atoms with Gasteiger partial charge in [0.25, 0.3) is 0 Å². The average molecular weight is 257 g/mol. The molecular weight excluding hydrogens is 234 g/mol. The zero-order valence-corrected chi connectivity index (χ0v) is 11.8. The first-order chi connectivity index (χ1) is 9.26. The van der Waals surface area contributed by atoms with Crippen LogP contribution in [0.4, 0.5) is 5.69 Å². The van der Waals surface area contributed by atoms with Gasteiger partial charge in [-0.05, 0) is 61.8 Å². The van der Waals surface area contributed by atoms with E-state index in [-0.39, 0.29) is 5.78 Å². The number of carbonyl (C=O) groups is 1. The smallest absolute Gasteiger partial charge is 0.162 e. The predicted molar refractivity (Wildman–Crippen MR) is 78.7 cm³/mol. The maximum absolute atomic E-state index is 11.7. The number of anilines is 1. The first-order valence-electron chi connectivity index (χ1n) is 7.64. The molecule has 0 bridgehead atoms. The summed E-state index contributed by atoms with van der Waals surface area (Å²) < 4.78 is 0. The van der Waals surface area contributed by atoms with Crippen molar-refractivity contribution in [2.45, 2.75) is 39.0 Å². The molecular formula is C17H23NO. The Morgan fingerprint density at radius 2 is 1.58 bits per heavy atom. The Balaban J connectivity index is 1.70. The lowest BCUT2D eigenvalue weighted by atomic mass is 10.1. The highest BCUT2D eigenvalue weighted by Crippen LogP contribution is 2.35. The number of carbonyl (C=O) groups excluding carboxylic acids is 1. The molecule has 0 amide bonds. The van der Waals surface area contributed by atoms with Gasteiger partial charge in [0, 0.05) is 30.8 Å². The monoisotopic (exact) mass is 257 g/mol. The molecule has 0 radical (unpaired) electrons. The van der Waals surface area contributed by atoms with E-state index in [1.54, 1.807) is 0 Å². The van der Waals surface area contributed by atoms with Crippen molar-refractivity contribution in [1.82, 2.24) is 0 Å². The van der Waals surface area contributed by atoms with Gasteiger partial charge in [-0.2, -0.15) is 0 Å². The van der Waals surface area contributed by atoms with Crippen LogP contribution in [0.25, 0.3) is 0 Å². The fraction of sp³-hybridized carbons (Fsp3) is 0.588. The zero-order chi connectivity index (χ0) is 13.2. The summed E-state index contributed by atoms with van der Waals surface area (Å²) in [5.41, 5.74) is 2.15. The minimum Gasteiger partial charge on any atom is -0.371 e. The summed E-state index contributed by atoms with van der Waals surface area (Å²) in [7, 11) is 0. The van der Waals surface area contributed by atoms with E-state index in [0.29, 0.717) is 6.42 Å². The first-order valence-corrected chi connectivity index (χ1v) is 7.64. The van der Waals surface area contributed by atoms with E-state index in [0.717, 1.165) is 17.4 Å². The number of ketones is 1. The van der Waals surface area contributed by atoms with E-state index >= 15 is 0 Å². The van der Waals surface area contributed by atoms with Gasteiger partial charge in [-0.15, -0.1) is 0 Å².